The zero-order valence-electron chi connectivity index (χ0n) is 16.6. The van der Waals surface area contributed by atoms with Crippen LogP contribution in [0.5, 0.6) is 0 Å². The summed E-state index contributed by atoms with van der Waals surface area (Å²) in [6.45, 7) is 4.24. The van der Waals surface area contributed by atoms with Crippen LogP contribution in [0.1, 0.15) is 37.1 Å². The predicted molar refractivity (Wildman–Crippen MR) is 110 cm³/mol. The Kier molecular flexibility index (Phi) is 5.09. The van der Waals surface area contributed by atoms with Crippen molar-refractivity contribution >= 4 is 6.08 Å². The molecule has 4 rings (SSSR count). The first-order valence-electron chi connectivity index (χ1n) is 9.78. The summed E-state index contributed by atoms with van der Waals surface area (Å²) in [6.07, 6.45) is 5.31. The minimum atomic E-state index is -0.525. The van der Waals surface area contributed by atoms with Gasteiger partial charge in [0.1, 0.15) is 11.6 Å². The van der Waals surface area contributed by atoms with Gasteiger partial charge in [0.25, 0.3) is 0 Å². The van der Waals surface area contributed by atoms with E-state index in [1.807, 2.05) is 10.9 Å². The Balaban J connectivity index is 1.54. The number of hydrogen-bond donors (Lipinski definition) is 1. The number of hydrogen-bond acceptors (Lipinski definition) is 2. The van der Waals surface area contributed by atoms with Crippen molar-refractivity contribution in [3.63, 3.8) is 0 Å². The number of benzene rings is 2. The summed E-state index contributed by atoms with van der Waals surface area (Å²) >= 11 is 0. The third-order valence-electron chi connectivity index (χ3n) is 5.91. The fraction of sp³-hybridized carbons (Fsp3) is 0.292. The van der Waals surface area contributed by atoms with Crippen LogP contribution in [0.25, 0.3) is 11.8 Å². The van der Waals surface area contributed by atoms with E-state index in [9.17, 15) is 13.9 Å². The second-order valence-corrected chi connectivity index (χ2v) is 8.20. The molecule has 1 aliphatic carbocycles. The first-order valence-corrected chi connectivity index (χ1v) is 9.78. The van der Waals surface area contributed by atoms with Gasteiger partial charge in [0.2, 0.25) is 0 Å². The summed E-state index contributed by atoms with van der Waals surface area (Å²) in [6, 6.07) is 12.6. The molecule has 1 N–H and O–H groups in total. The molecule has 150 valence electrons. The number of aromatic nitrogens is 2. The standard InChI is InChI=1S/C24H24F2N2O/c1-16-11-23-18(15-27-28(23)21-9-7-20(26)8-10-21)13-24(16,2)14-22(29)12-17-3-5-19(25)6-4-17/h3-11,15,22,29H,12-14H2,1-2H3/t22?,24-/m1/s1. The molecule has 0 amide bonds. The topological polar surface area (TPSA) is 38.0 Å². The Labute approximate surface area is 169 Å². The van der Waals surface area contributed by atoms with E-state index >= 15 is 0 Å². The predicted octanol–water partition coefficient (Wildman–Crippen LogP) is 5.11. The van der Waals surface area contributed by atoms with Crippen LogP contribution in [0.2, 0.25) is 0 Å². The van der Waals surface area contributed by atoms with Crippen molar-refractivity contribution in [1.82, 2.24) is 9.78 Å². The Morgan fingerprint density at radius 2 is 1.69 bits per heavy atom. The molecule has 29 heavy (non-hydrogen) atoms. The molecule has 5 heteroatoms. The maximum absolute atomic E-state index is 13.2. The molecular weight excluding hydrogens is 370 g/mol. The van der Waals surface area contributed by atoms with Crippen LogP contribution >= 0.6 is 0 Å². The van der Waals surface area contributed by atoms with Gasteiger partial charge in [-0.2, -0.15) is 5.10 Å². The highest BCUT2D eigenvalue weighted by Crippen LogP contribution is 2.42. The molecule has 0 radical (unpaired) electrons. The highest BCUT2D eigenvalue weighted by Gasteiger charge is 2.34. The van der Waals surface area contributed by atoms with Gasteiger partial charge in [-0.25, -0.2) is 13.5 Å². The van der Waals surface area contributed by atoms with Crippen molar-refractivity contribution in [3.05, 3.63) is 88.8 Å². The van der Waals surface area contributed by atoms with Crippen LogP contribution < -0.4 is 0 Å². The first kappa shape index (κ1) is 19.5. The number of aliphatic hydroxyl groups is 1. The number of allylic oxidation sites excluding steroid dienone is 1. The van der Waals surface area contributed by atoms with Crippen LogP contribution in [-0.4, -0.2) is 21.0 Å². The molecule has 1 aromatic heterocycles. The van der Waals surface area contributed by atoms with Gasteiger partial charge in [0, 0.05) is 0 Å². The van der Waals surface area contributed by atoms with Crippen molar-refractivity contribution in [1.29, 1.82) is 0 Å². The maximum atomic E-state index is 13.2. The van der Waals surface area contributed by atoms with Gasteiger partial charge in [-0.15, -0.1) is 0 Å². The smallest absolute Gasteiger partial charge is 0.123 e. The van der Waals surface area contributed by atoms with Crippen LogP contribution in [0.4, 0.5) is 8.78 Å². The monoisotopic (exact) mass is 394 g/mol. The molecule has 1 unspecified atom stereocenters. The van der Waals surface area contributed by atoms with E-state index in [4.69, 9.17) is 0 Å². The van der Waals surface area contributed by atoms with E-state index in [0.29, 0.717) is 12.8 Å². The van der Waals surface area contributed by atoms with E-state index in [-0.39, 0.29) is 17.0 Å². The van der Waals surface area contributed by atoms with Gasteiger partial charge in [-0.05, 0) is 85.2 Å². The quantitative estimate of drug-likeness (QED) is 0.653. The van der Waals surface area contributed by atoms with Crippen molar-refractivity contribution in [2.45, 2.75) is 39.2 Å². The lowest BCUT2D eigenvalue weighted by atomic mass is 9.70. The molecule has 0 spiro atoms. The summed E-state index contributed by atoms with van der Waals surface area (Å²) in [7, 11) is 0. The number of aliphatic hydroxyl groups excluding tert-OH is 1. The summed E-state index contributed by atoms with van der Waals surface area (Å²) in [5, 5.41) is 15.2. The molecule has 1 aliphatic rings. The Bertz CT molecular complexity index is 1040. The second kappa shape index (κ2) is 7.56. The molecular formula is C24H24F2N2O. The number of fused-ring (bicyclic) bond motifs is 1. The number of halogens is 2. The van der Waals surface area contributed by atoms with Gasteiger partial charge in [0.05, 0.1) is 23.7 Å². The average molecular weight is 394 g/mol. The molecule has 1 heterocycles. The summed E-state index contributed by atoms with van der Waals surface area (Å²) in [5.41, 5.74) is 4.83. The molecule has 2 atom stereocenters. The lowest BCUT2D eigenvalue weighted by Crippen LogP contribution is -2.30. The van der Waals surface area contributed by atoms with E-state index < -0.39 is 6.10 Å². The molecule has 0 saturated heterocycles. The zero-order valence-corrected chi connectivity index (χ0v) is 16.6. The zero-order chi connectivity index (χ0) is 20.6. The largest absolute Gasteiger partial charge is 0.393 e. The minimum absolute atomic E-state index is 0.191. The third kappa shape index (κ3) is 4.01. The fourth-order valence-electron chi connectivity index (χ4n) is 4.13. The second-order valence-electron chi connectivity index (χ2n) is 8.20. The number of rotatable bonds is 5. The van der Waals surface area contributed by atoms with Gasteiger partial charge < -0.3 is 5.11 Å². The van der Waals surface area contributed by atoms with E-state index in [0.717, 1.165) is 28.9 Å². The average Bonchev–Trinajstić information content (AvgIpc) is 3.06. The highest BCUT2D eigenvalue weighted by atomic mass is 19.1. The van der Waals surface area contributed by atoms with Gasteiger partial charge >= 0.3 is 0 Å². The lowest BCUT2D eigenvalue weighted by Gasteiger charge is -2.36. The van der Waals surface area contributed by atoms with Gasteiger partial charge in [-0.3, -0.25) is 0 Å². The third-order valence-corrected chi connectivity index (χ3v) is 5.91. The molecule has 2 aromatic carbocycles. The lowest BCUT2D eigenvalue weighted by molar-refractivity contribution is 0.120. The molecule has 3 aromatic rings. The Hall–Kier alpha value is -2.79. The summed E-state index contributed by atoms with van der Waals surface area (Å²) < 4.78 is 28.2. The van der Waals surface area contributed by atoms with Crippen LogP contribution in [0.3, 0.4) is 0 Å². The van der Waals surface area contributed by atoms with Gasteiger partial charge in [0.15, 0.2) is 0 Å². The first-order chi connectivity index (χ1) is 13.8. The molecule has 3 nitrogen and oxygen atoms in total. The van der Waals surface area contributed by atoms with E-state index in [2.05, 4.69) is 25.0 Å². The van der Waals surface area contributed by atoms with E-state index in [1.54, 1.807) is 24.3 Å². The van der Waals surface area contributed by atoms with Crippen molar-refractivity contribution in [3.8, 4) is 5.69 Å². The molecule has 0 aliphatic heterocycles. The van der Waals surface area contributed by atoms with Crippen LogP contribution in [-0.2, 0) is 12.8 Å². The fourth-order valence-corrected chi connectivity index (χ4v) is 4.13. The van der Waals surface area contributed by atoms with Crippen LogP contribution in [0, 0.1) is 17.0 Å². The number of nitrogens with zero attached hydrogens (tertiary/aromatic N) is 2. The van der Waals surface area contributed by atoms with Crippen LogP contribution in [0.15, 0.2) is 60.3 Å². The normalized spacial score (nSPS) is 19.6. The highest BCUT2D eigenvalue weighted by molar-refractivity contribution is 5.60. The summed E-state index contributed by atoms with van der Waals surface area (Å²) in [5.74, 6) is -0.545. The minimum Gasteiger partial charge on any atom is -0.393 e. The summed E-state index contributed by atoms with van der Waals surface area (Å²) in [4.78, 5) is 0. The Morgan fingerprint density at radius 3 is 2.34 bits per heavy atom. The molecule has 0 bridgehead atoms. The van der Waals surface area contributed by atoms with Crippen molar-refractivity contribution in [2.75, 3.05) is 0 Å². The van der Waals surface area contributed by atoms with Gasteiger partial charge in [-0.1, -0.05) is 24.6 Å². The molecule has 0 fully saturated rings. The maximum Gasteiger partial charge on any atom is 0.123 e. The molecule has 0 saturated carbocycles. The SMILES string of the molecule is CC1=Cc2c(cnn2-c2ccc(F)cc2)C[C@]1(C)CC(O)Cc1ccc(F)cc1. The van der Waals surface area contributed by atoms with Crippen molar-refractivity contribution in [2.24, 2.45) is 5.41 Å². The van der Waals surface area contributed by atoms with E-state index in [1.165, 1.54) is 29.8 Å². The Morgan fingerprint density at radius 1 is 1.07 bits per heavy atom. The van der Waals surface area contributed by atoms with Crippen molar-refractivity contribution < 1.29 is 13.9 Å².